The van der Waals surface area contributed by atoms with E-state index in [2.05, 4.69) is 10.3 Å². The van der Waals surface area contributed by atoms with Gasteiger partial charge in [-0.25, -0.2) is 13.4 Å². The lowest BCUT2D eigenvalue weighted by molar-refractivity contribution is 0.102. The molecule has 0 atom stereocenters. The van der Waals surface area contributed by atoms with Crippen molar-refractivity contribution >= 4 is 54.9 Å². The van der Waals surface area contributed by atoms with Crippen LogP contribution < -0.4 is 5.32 Å². The summed E-state index contributed by atoms with van der Waals surface area (Å²) in [7, 11) is -3.56. The van der Waals surface area contributed by atoms with Crippen molar-refractivity contribution in [2.24, 2.45) is 0 Å². The van der Waals surface area contributed by atoms with Gasteiger partial charge >= 0.3 is 0 Å². The third-order valence-electron chi connectivity index (χ3n) is 4.50. The van der Waals surface area contributed by atoms with Crippen LogP contribution in [0.4, 0.5) is 5.69 Å². The lowest BCUT2D eigenvalue weighted by atomic mass is 10.2. The molecule has 0 saturated carbocycles. The van der Waals surface area contributed by atoms with Crippen molar-refractivity contribution in [1.82, 2.24) is 9.29 Å². The number of thioether (sulfide) groups is 1. The van der Waals surface area contributed by atoms with Gasteiger partial charge in [0.1, 0.15) is 0 Å². The molecule has 0 aliphatic carbocycles. The van der Waals surface area contributed by atoms with Crippen molar-refractivity contribution in [1.29, 1.82) is 0 Å². The molecule has 0 unspecified atom stereocenters. The highest BCUT2D eigenvalue weighted by Gasteiger charge is 2.23. The predicted octanol–water partition coefficient (Wildman–Crippen LogP) is 5.08. The minimum atomic E-state index is -3.56. The van der Waals surface area contributed by atoms with Crippen LogP contribution in [0.2, 0.25) is 0 Å². The maximum absolute atomic E-state index is 12.9. The first-order valence-corrected chi connectivity index (χ1v) is 13.2. The maximum Gasteiger partial charge on any atom is 0.255 e. The van der Waals surface area contributed by atoms with Crippen molar-refractivity contribution in [3.63, 3.8) is 0 Å². The molecule has 1 N–H and O–H groups in total. The van der Waals surface area contributed by atoms with E-state index in [9.17, 15) is 13.2 Å². The average molecular weight is 464 g/mol. The van der Waals surface area contributed by atoms with E-state index >= 15 is 0 Å². The second-order valence-corrected chi connectivity index (χ2v) is 10.8. The molecule has 0 spiro atoms. The molecule has 1 amide bonds. The van der Waals surface area contributed by atoms with Crippen LogP contribution in [0, 0.1) is 0 Å². The number of amides is 1. The zero-order valence-electron chi connectivity index (χ0n) is 17.2. The number of rotatable bonds is 9. The summed E-state index contributed by atoms with van der Waals surface area (Å²) in [6, 6.07) is 11.7. The molecule has 30 heavy (non-hydrogen) atoms. The van der Waals surface area contributed by atoms with Crippen LogP contribution in [0.25, 0.3) is 10.2 Å². The molecule has 3 rings (SSSR count). The van der Waals surface area contributed by atoms with Gasteiger partial charge in [-0.2, -0.15) is 4.31 Å². The summed E-state index contributed by atoms with van der Waals surface area (Å²) in [6.45, 7) is 4.87. The van der Waals surface area contributed by atoms with Crippen LogP contribution in [0.5, 0.6) is 0 Å². The number of nitrogens with zero attached hydrogens (tertiary/aromatic N) is 2. The van der Waals surface area contributed by atoms with Gasteiger partial charge in [0.05, 0.1) is 15.1 Å². The smallest absolute Gasteiger partial charge is 0.255 e. The number of fused-ring (bicyclic) bond motifs is 1. The number of hydrogen-bond donors (Lipinski definition) is 1. The van der Waals surface area contributed by atoms with Gasteiger partial charge in [-0.05, 0) is 61.6 Å². The van der Waals surface area contributed by atoms with Crippen LogP contribution in [-0.4, -0.2) is 43.0 Å². The number of benzene rings is 2. The second kappa shape index (κ2) is 9.91. The van der Waals surface area contributed by atoms with Crippen molar-refractivity contribution in [2.45, 2.75) is 35.9 Å². The molecule has 0 fully saturated rings. The summed E-state index contributed by atoms with van der Waals surface area (Å²) >= 11 is 3.20. The van der Waals surface area contributed by atoms with Gasteiger partial charge < -0.3 is 5.32 Å². The van der Waals surface area contributed by atoms with Gasteiger partial charge in [-0.3, -0.25) is 4.79 Å². The molecule has 0 bridgehead atoms. The molecule has 6 nitrogen and oxygen atoms in total. The van der Waals surface area contributed by atoms with E-state index < -0.39 is 10.0 Å². The number of anilines is 1. The van der Waals surface area contributed by atoms with Gasteiger partial charge in [0.2, 0.25) is 10.0 Å². The molecule has 1 heterocycles. The Hall–Kier alpha value is -1.94. The first-order chi connectivity index (χ1) is 14.4. The Labute approximate surface area is 185 Å². The van der Waals surface area contributed by atoms with Crippen LogP contribution >= 0.6 is 23.1 Å². The van der Waals surface area contributed by atoms with Crippen molar-refractivity contribution < 1.29 is 13.2 Å². The monoisotopic (exact) mass is 463 g/mol. The highest BCUT2D eigenvalue weighted by atomic mass is 32.2. The topological polar surface area (TPSA) is 79.4 Å². The van der Waals surface area contributed by atoms with Crippen LogP contribution in [0.15, 0.2) is 51.7 Å². The number of nitrogens with one attached hydrogen (secondary N) is 1. The molecule has 3 aromatic rings. The highest BCUT2D eigenvalue weighted by molar-refractivity contribution is 8.00. The Balaban J connectivity index is 1.76. The average Bonchev–Trinajstić information content (AvgIpc) is 3.16. The molecule has 0 aliphatic rings. The van der Waals surface area contributed by atoms with Crippen LogP contribution in [0.3, 0.4) is 0 Å². The summed E-state index contributed by atoms with van der Waals surface area (Å²) in [5, 5.41) is 2.86. The molecule has 0 saturated heterocycles. The standard InChI is InChI=1S/C21H25N3O3S3/c1-4-12-24(13-5-2)30(26,27)17-9-6-15(7-10-17)20(25)22-16-8-11-19-18(14-16)23-21(28-3)29-19/h6-11,14H,4-5,12-13H2,1-3H3,(H,22,25). The molecule has 0 radical (unpaired) electrons. The van der Waals surface area contributed by atoms with E-state index in [1.165, 1.54) is 16.4 Å². The normalized spacial score (nSPS) is 11.9. The van der Waals surface area contributed by atoms with Crippen molar-refractivity contribution in [2.75, 3.05) is 24.7 Å². The van der Waals surface area contributed by atoms with E-state index in [4.69, 9.17) is 0 Å². The molecule has 2 aromatic carbocycles. The first-order valence-electron chi connectivity index (χ1n) is 9.75. The van der Waals surface area contributed by atoms with E-state index in [0.717, 1.165) is 27.4 Å². The van der Waals surface area contributed by atoms with Gasteiger partial charge in [0.15, 0.2) is 4.34 Å². The molecular weight excluding hydrogens is 438 g/mol. The zero-order chi connectivity index (χ0) is 21.7. The van der Waals surface area contributed by atoms with Crippen molar-refractivity contribution in [3.05, 3.63) is 48.0 Å². The summed E-state index contributed by atoms with van der Waals surface area (Å²) in [6.07, 6.45) is 3.48. The molecule has 1 aromatic heterocycles. The largest absolute Gasteiger partial charge is 0.322 e. The first kappa shape index (κ1) is 22.7. The lowest BCUT2D eigenvalue weighted by Crippen LogP contribution is -2.32. The quantitative estimate of drug-likeness (QED) is 0.448. The fourth-order valence-corrected chi connectivity index (χ4v) is 6.15. The Morgan fingerprint density at radius 1 is 1.10 bits per heavy atom. The van der Waals surface area contributed by atoms with Gasteiger partial charge in [-0.1, -0.05) is 25.6 Å². The third-order valence-corrected chi connectivity index (χ3v) is 8.44. The number of carbonyl (C=O) groups is 1. The lowest BCUT2D eigenvalue weighted by Gasteiger charge is -2.21. The minimum Gasteiger partial charge on any atom is -0.322 e. The number of aromatic nitrogens is 1. The van der Waals surface area contributed by atoms with Crippen LogP contribution in [-0.2, 0) is 10.0 Å². The summed E-state index contributed by atoms with van der Waals surface area (Å²) in [5.74, 6) is -0.294. The van der Waals surface area contributed by atoms with E-state index in [0.29, 0.717) is 24.3 Å². The zero-order valence-corrected chi connectivity index (χ0v) is 19.7. The second-order valence-electron chi connectivity index (χ2n) is 6.75. The molecular formula is C21H25N3O3S3. The number of carbonyl (C=O) groups excluding carboxylic acids is 1. The SMILES string of the molecule is CCCN(CCC)S(=O)(=O)c1ccc(C(=O)Nc2ccc3sc(SC)nc3c2)cc1. The summed E-state index contributed by atoms with van der Waals surface area (Å²) < 4.78 is 29.2. The number of sulfonamides is 1. The molecule has 160 valence electrons. The minimum absolute atomic E-state index is 0.203. The Morgan fingerprint density at radius 3 is 2.37 bits per heavy atom. The van der Waals surface area contributed by atoms with Crippen LogP contribution in [0.1, 0.15) is 37.0 Å². The Bertz CT molecular complexity index is 1120. The van der Waals surface area contributed by atoms with Gasteiger partial charge in [0, 0.05) is 24.3 Å². The predicted molar refractivity (Wildman–Crippen MR) is 125 cm³/mol. The summed E-state index contributed by atoms with van der Waals surface area (Å²) in [5.41, 5.74) is 1.89. The van der Waals surface area contributed by atoms with E-state index in [-0.39, 0.29) is 10.8 Å². The van der Waals surface area contributed by atoms with E-state index in [1.54, 1.807) is 35.2 Å². The molecule has 0 aliphatic heterocycles. The van der Waals surface area contributed by atoms with Gasteiger partial charge in [0.25, 0.3) is 5.91 Å². The third kappa shape index (κ3) is 5.03. The van der Waals surface area contributed by atoms with E-state index in [1.807, 2.05) is 38.3 Å². The Morgan fingerprint density at radius 2 is 1.77 bits per heavy atom. The van der Waals surface area contributed by atoms with Crippen molar-refractivity contribution in [3.8, 4) is 0 Å². The number of hydrogen-bond acceptors (Lipinski definition) is 6. The fourth-order valence-electron chi connectivity index (χ4n) is 3.05. The maximum atomic E-state index is 12.9. The Kier molecular flexibility index (Phi) is 7.51. The number of thiazole rings is 1. The fraction of sp³-hybridized carbons (Fsp3) is 0.333. The van der Waals surface area contributed by atoms with Gasteiger partial charge in [-0.15, -0.1) is 11.3 Å². The highest BCUT2D eigenvalue weighted by Crippen LogP contribution is 2.30. The summed E-state index contributed by atoms with van der Waals surface area (Å²) in [4.78, 5) is 17.3. The molecule has 9 heteroatoms.